The fourth-order valence-electron chi connectivity index (χ4n) is 11.3. The van der Waals surface area contributed by atoms with Crippen molar-refractivity contribution in [3.63, 3.8) is 0 Å². The summed E-state index contributed by atoms with van der Waals surface area (Å²) in [5.74, 6) is 0.0851. The third kappa shape index (κ3) is 10.3. The molecule has 0 fully saturated rings. The zero-order valence-electron chi connectivity index (χ0n) is 41.3. The largest absolute Gasteiger partial charge is 0.544 e. The van der Waals surface area contributed by atoms with Crippen LogP contribution < -0.4 is 38.6 Å². The van der Waals surface area contributed by atoms with Crippen LogP contribution in [0.3, 0.4) is 0 Å². The Hall–Kier alpha value is -5.79. The van der Waals surface area contributed by atoms with E-state index in [4.69, 9.17) is 28.4 Å². The summed E-state index contributed by atoms with van der Waals surface area (Å²) in [6, 6.07) is 16.8. The number of carboxylic acids is 2. The molecule has 0 saturated carbocycles. The minimum atomic E-state index is -1.13. The highest BCUT2D eigenvalue weighted by atomic mass is 16.6. The van der Waals surface area contributed by atoms with Gasteiger partial charge in [-0.3, -0.25) is 4.79 Å². The predicted molar refractivity (Wildman–Crippen MR) is 254 cm³/mol. The van der Waals surface area contributed by atoms with Gasteiger partial charge in [0.25, 0.3) is 0 Å². The van der Waals surface area contributed by atoms with Crippen LogP contribution in [0.4, 0.5) is 0 Å². The van der Waals surface area contributed by atoms with E-state index in [2.05, 4.69) is 13.8 Å². The molecule has 6 atom stereocenters. The van der Waals surface area contributed by atoms with Crippen LogP contribution in [0.25, 0.3) is 0 Å². The third-order valence-electron chi connectivity index (χ3n) is 15.1. The second-order valence-electron chi connectivity index (χ2n) is 19.4. The van der Waals surface area contributed by atoms with E-state index in [0.717, 1.165) is 72.8 Å². The summed E-state index contributed by atoms with van der Waals surface area (Å²) in [6.07, 6.45) is 10.1. The molecule has 13 heteroatoms. The number of methoxy groups -OCH3 is 3. The molecule has 0 saturated heterocycles. The molecule has 4 aromatic rings. The van der Waals surface area contributed by atoms with Crippen molar-refractivity contribution in [2.75, 3.05) is 48.5 Å². The molecule has 0 aliphatic carbocycles. The first-order valence-corrected chi connectivity index (χ1v) is 24.5. The van der Waals surface area contributed by atoms with Crippen molar-refractivity contribution in [1.82, 2.24) is 0 Å². The number of hydrogen-bond donors (Lipinski definition) is 0. The minimum absolute atomic E-state index is 0.0545. The third-order valence-corrected chi connectivity index (χ3v) is 15.1. The van der Waals surface area contributed by atoms with Gasteiger partial charge in [-0.2, -0.15) is 0 Å². The van der Waals surface area contributed by atoms with Crippen LogP contribution in [-0.2, 0) is 40.1 Å². The Bertz CT molecular complexity index is 2450. The zero-order valence-corrected chi connectivity index (χ0v) is 41.3. The number of esters is 1. The van der Waals surface area contributed by atoms with Crippen LogP contribution in [-0.4, -0.2) is 87.5 Å². The predicted octanol–water partition coefficient (Wildman–Crippen LogP) is 8.29. The van der Waals surface area contributed by atoms with Crippen molar-refractivity contribution in [1.29, 1.82) is 0 Å². The molecule has 0 amide bonds. The molecule has 0 radical (unpaired) electrons. The van der Waals surface area contributed by atoms with Gasteiger partial charge in [0.1, 0.15) is 29.9 Å². The lowest BCUT2D eigenvalue weighted by Gasteiger charge is -2.51. The maximum Gasteiger partial charge on any atom is 0.308 e. The fraction of sp³-hybridized carbons (Fsp3) is 0.509. The van der Waals surface area contributed by atoms with E-state index in [0.29, 0.717) is 92.3 Å². The molecule has 4 heterocycles. The van der Waals surface area contributed by atoms with Crippen molar-refractivity contribution < 1.29 is 62.0 Å². The molecular weight excluding hydrogens is 865 g/mol. The topological polar surface area (TPSA) is 153 Å². The molecule has 4 aliphatic rings. The first kappa shape index (κ1) is 50.1. The number of carbonyl (C=O) groups is 3. The van der Waals surface area contributed by atoms with Gasteiger partial charge in [0.15, 0.2) is 34.5 Å². The number of aliphatic carboxylic acids is 2. The molecule has 4 aromatic carbocycles. The van der Waals surface area contributed by atoms with E-state index in [9.17, 15) is 24.6 Å². The van der Waals surface area contributed by atoms with Gasteiger partial charge in [-0.25, -0.2) is 0 Å². The normalized spacial score (nSPS) is 21.4. The maximum atomic E-state index is 13.6. The van der Waals surface area contributed by atoms with Crippen LogP contribution in [0.5, 0.6) is 46.0 Å². The number of likely N-dealkylation sites (N-methyl/N-ethyl adjacent to an activating group) is 2. The lowest BCUT2D eigenvalue weighted by atomic mass is 9.83. The Labute approximate surface area is 402 Å². The number of hydrogen-bond acceptors (Lipinski definition) is 11. The smallest absolute Gasteiger partial charge is 0.308 e. The second-order valence-corrected chi connectivity index (χ2v) is 19.4. The Kier molecular flexibility index (Phi) is 16.0. The van der Waals surface area contributed by atoms with E-state index >= 15 is 0 Å². The highest BCUT2D eigenvalue weighted by molar-refractivity contribution is 5.75. The van der Waals surface area contributed by atoms with Gasteiger partial charge in [0.05, 0.1) is 66.0 Å². The number of quaternary nitrogens is 2. The first-order chi connectivity index (χ1) is 32.7. The van der Waals surface area contributed by atoms with Crippen LogP contribution in [0.2, 0.25) is 0 Å². The first-order valence-electron chi connectivity index (χ1n) is 24.5. The van der Waals surface area contributed by atoms with Gasteiger partial charge in [-0.05, 0) is 77.6 Å². The summed E-state index contributed by atoms with van der Waals surface area (Å²) in [4.78, 5) is 40.0. The summed E-state index contributed by atoms with van der Waals surface area (Å²) in [6.45, 7) is 6.60. The van der Waals surface area contributed by atoms with Gasteiger partial charge in [-0.15, -0.1) is 0 Å². The Balaban J connectivity index is 1.52. The number of fused-ring (bicyclic) bond motifs is 2. The number of carbonyl (C=O) groups excluding carboxylic acids is 3. The van der Waals surface area contributed by atoms with Gasteiger partial charge >= 0.3 is 5.97 Å². The Morgan fingerprint density at radius 2 is 1.19 bits per heavy atom. The minimum Gasteiger partial charge on any atom is -0.544 e. The van der Waals surface area contributed by atoms with E-state index in [1.165, 1.54) is 14.0 Å². The monoisotopic (exact) mass is 934 g/mol. The molecule has 6 bridgehead atoms. The number of nitrogens with zero attached hydrogens (tertiary/aromatic N) is 2. The molecule has 0 aromatic heterocycles. The number of benzene rings is 4. The van der Waals surface area contributed by atoms with Crippen molar-refractivity contribution in [2.24, 2.45) is 0 Å². The quantitative estimate of drug-likeness (QED) is 0.0410. The van der Waals surface area contributed by atoms with Crippen molar-refractivity contribution in [2.45, 2.75) is 135 Å². The number of unbranched alkanes of at least 4 members (excludes halogenated alkanes) is 6. The molecule has 0 spiro atoms. The molecule has 4 aliphatic heterocycles. The van der Waals surface area contributed by atoms with Gasteiger partial charge in [0.2, 0.25) is 5.75 Å². The van der Waals surface area contributed by atoms with Crippen molar-refractivity contribution in [3.05, 3.63) is 94.0 Å². The van der Waals surface area contributed by atoms with Crippen molar-refractivity contribution >= 4 is 17.9 Å². The number of carboxylic acid groups (broad SMARTS) is 2. The number of ether oxygens (including phenoxy) is 6. The summed E-state index contributed by atoms with van der Waals surface area (Å²) >= 11 is 0. The van der Waals surface area contributed by atoms with Crippen LogP contribution in [0.15, 0.2) is 60.7 Å². The van der Waals surface area contributed by atoms with E-state index in [-0.39, 0.29) is 32.3 Å². The Morgan fingerprint density at radius 3 is 1.76 bits per heavy atom. The van der Waals surface area contributed by atoms with E-state index in [1.54, 1.807) is 14.2 Å². The number of rotatable bonds is 18. The average molecular weight is 935 g/mol. The highest BCUT2D eigenvalue weighted by Crippen LogP contribution is 2.55. The van der Waals surface area contributed by atoms with E-state index in [1.807, 2.05) is 74.8 Å². The Morgan fingerprint density at radius 1 is 0.647 bits per heavy atom. The summed E-state index contributed by atoms with van der Waals surface area (Å²) in [7, 11) is 8.70. The van der Waals surface area contributed by atoms with Gasteiger partial charge in [-0.1, -0.05) is 70.6 Å². The summed E-state index contributed by atoms with van der Waals surface area (Å²) in [5, 5.41) is 26.9. The summed E-state index contributed by atoms with van der Waals surface area (Å²) < 4.78 is 38.2. The van der Waals surface area contributed by atoms with Crippen LogP contribution in [0, 0.1) is 0 Å². The molecule has 366 valence electrons. The SMILES string of the molecule is CCCCCCC(C(=O)[O-])[N+]1(C)CCc2cc(OC)c3cc2C1Cc1ccc(cc1)Oc1cc(ccc1OC)CC1c2c(cc(OC)c(OC(C)=O)c2O3)CC[N+]1(C)C(CCCCCC)C(=O)[O-]. The van der Waals surface area contributed by atoms with Crippen molar-refractivity contribution in [3.8, 4) is 46.0 Å². The standard InChI is InChI=1S/C55H70N2O11/c1-9-11-13-15-17-42(54(59)60)56(4)27-25-38-32-47(64-7)49-34-41(38)44(56)29-36-19-22-40(23-20-36)67-48-31-37(21-24-46(48)63-6)30-45-51-39(33-50(65-8)52(53(51)68-49)66-35(3)58)26-28-57(45,5)43(55(61)62)18-16-14-12-10-2/h19-24,31-34,42-45H,9-18,25-30H2,1-8H3. The van der Waals surface area contributed by atoms with Crippen LogP contribution >= 0.6 is 0 Å². The molecule has 0 N–H and O–H groups in total. The van der Waals surface area contributed by atoms with Gasteiger partial charge in [0, 0.05) is 51.0 Å². The molecule has 13 nitrogen and oxygen atoms in total. The lowest BCUT2D eigenvalue weighted by molar-refractivity contribution is -0.958. The zero-order chi connectivity index (χ0) is 48.8. The average Bonchev–Trinajstić information content (AvgIpc) is 3.31. The fourth-order valence-corrected chi connectivity index (χ4v) is 11.3. The maximum absolute atomic E-state index is 13.6. The van der Waals surface area contributed by atoms with E-state index < -0.39 is 36.0 Å². The van der Waals surface area contributed by atoms with Gasteiger partial charge < -0.3 is 57.2 Å². The second kappa shape index (κ2) is 21.7. The van der Waals surface area contributed by atoms with Crippen LogP contribution in [0.1, 0.15) is 130 Å². The molecule has 6 unspecified atom stereocenters. The molecule has 8 rings (SSSR count). The molecule has 68 heavy (non-hydrogen) atoms. The summed E-state index contributed by atoms with van der Waals surface area (Å²) in [5.41, 5.74) is 5.28. The lowest BCUT2D eigenvalue weighted by Crippen LogP contribution is -2.63. The molecular formula is C55H70N2O11. The highest BCUT2D eigenvalue weighted by Gasteiger charge is 2.49.